The second-order valence-corrected chi connectivity index (χ2v) is 6.55. The Morgan fingerprint density at radius 2 is 1.71 bits per heavy atom. The maximum absolute atomic E-state index is 12.3. The SMILES string of the molecule is O=S(=O)(c1ccccc1)[C@H]1CCC[C@H](O)[C@@H]1O. The minimum absolute atomic E-state index is 0.207. The second kappa shape index (κ2) is 4.76. The van der Waals surface area contributed by atoms with Crippen LogP contribution in [0.3, 0.4) is 0 Å². The molecule has 0 radical (unpaired) electrons. The lowest BCUT2D eigenvalue weighted by Crippen LogP contribution is -2.45. The smallest absolute Gasteiger partial charge is 0.183 e. The van der Waals surface area contributed by atoms with Gasteiger partial charge in [-0.2, -0.15) is 0 Å². The molecule has 0 amide bonds. The molecular weight excluding hydrogens is 240 g/mol. The Bertz CT molecular complexity index is 469. The van der Waals surface area contributed by atoms with Gasteiger partial charge in [-0.05, 0) is 31.4 Å². The third kappa shape index (κ3) is 2.36. The van der Waals surface area contributed by atoms with Crippen LogP contribution in [0.25, 0.3) is 0 Å². The van der Waals surface area contributed by atoms with Gasteiger partial charge in [0.1, 0.15) is 0 Å². The molecule has 0 unspecified atom stereocenters. The predicted octanol–water partition coefficient (Wildman–Crippen LogP) is 0.735. The van der Waals surface area contributed by atoms with Crippen LogP contribution in [0, 0.1) is 0 Å². The lowest BCUT2D eigenvalue weighted by Gasteiger charge is -2.31. The Balaban J connectivity index is 2.33. The molecule has 1 saturated carbocycles. The summed E-state index contributed by atoms with van der Waals surface area (Å²) in [6, 6.07) is 8.08. The van der Waals surface area contributed by atoms with Gasteiger partial charge in [0, 0.05) is 0 Å². The minimum Gasteiger partial charge on any atom is -0.390 e. The quantitative estimate of drug-likeness (QED) is 0.818. The zero-order valence-corrected chi connectivity index (χ0v) is 10.2. The van der Waals surface area contributed by atoms with Crippen molar-refractivity contribution in [2.24, 2.45) is 0 Å². The van der Waals surface area contributed by atoms with Gasteiger partial charge in [-0.15, -0.1) is 0 Å². The topological polar surface area (TPSA) is 74.6 Å². The third-order valence-electron chi connectivity index (χ3n) is 3.23. The first-order chi connectivity index (χ1) is 8.03. The van der Waals surface area contributed by atoms with E-state index in [1.165, 1.54) is 12.1 Å². The summed E-state index contributed by atoms with van der Waals surface area (Å²) in [5.74, 6) is 0. The van der Waals surface area contributed by atoms with Crippen LogP contribution in [0.4, 0.5) is 0 Å². The first kappa shape index (κ1) is 12.5. The number of hydrogen-bond donors (Lipinski definition) is 2. The number of hydrogen-bond acceptors (Lipinski definition) is 4. The monoisotopic (exact) mass is 256 g/mol. The van der Waals surface area contributed by atoms with Gasteiger partial charge in [0.25, 0.3) is 0 Å². The van der Waals surface area contributed by atoms with Crippen LogP contribution in [0.1, 0.15) is 19.3 Å². The number of sulfone groups is 1. The molecule has 0 saturated heterocycles. The lowest BCUT2D eigenvalue weighted by molar-refractivity contribution is -0.00609. The van der Waals surface area contributed by atoms with Crippen molar-refractivity contribution in [1.82, 2.24) is 0 Å². The number of aliphatic hydroxyl groups is 2. The van der Waals surface area contributed by atoms with Crippen LogP contribution in [0.2, 0.25) is 0 Å². The highest BCUT2D eigenvalue weighted by Gasteiger charge is 2.39. The summed E-state index contributed by atoms with van der Waals surface area (Å²) in [6.07, 6.45) is -0.645. The van der Waals surface area contributed by atoms with Gasteiger partial charge in [-0.25, -0.2) is 8.42 Å². The summed E-state index contributed by atoms with van der Waals surface area (Å²) < 4.78 is 24.5. The molecule has 1 fully saturated rings. The van der Waals surface area contributed by atoms with Gasteiger partial charge in [0.05, 0.1) is 22.4 Å². The van der Waals surface area contributed by atoms with E-state index in [0.29, 0.717) is 19.3 Å². The van der Waals surface area contributed by atoms with E-state index in [1.807, 2.05) is 0 Å². The van der Waals surface area contributed by atoms with E-state index in [1.54, 1.807) is 18.2 Å². The van der Waals surface area contributed by atoms with Crippen LogP contribution in [-0.2, 0) is 9.84 Å². The van der Waals surface area contributed by atoms with Gasteiger partial charge < -0.3 is 10.2 Å². The van der Waals surface area contributed by atoms with Crippen LogP contribution < -0.4 is 0 Å². The van der Waals surface area contributed by atoms with Crippen molar-refractivity contribution in [2.45, 2.75) is 41.6 Å². The normalized spacial score (nSPS) is 30.1. The van der Waals surface area contributed by atoms with Crippen molar-refractivity contribution in [3.63, 3.8) is 0 Å². The zero-order chi connectivity index (χ0) is 12.5. The fraction of sp³-hybridized carbons (Fsp3) is 0.500. The van der Waals surface area contributed by atoms with Crippen LogP contribution >= 0.6 is 0 Å². The van der Waals surface area contributed by atoms with Crippen molar-refractivity contribution in [1.29, 1.82) is 0 Å². The van der Waals surface area contributed by atoms with Crippen molar-refractivity contribution in [3.8, 4) is 0 Å². The third-order valence-corrected chi connectivity index (χ3v) is 5.47. The highest BCUT2D eigenvalue weighted by Crippen LogP contribution is 2.29. The Kier molecular flexibility index (Phi) is 3.51. The highest BCUT2D eigenvalue weighted by molar-refractivity contribution is 7.92. The van der Waals surface area contributed by atoms with E-state index >= 15 is 0 Å². The summed E-state index contributed by atoms with van der Waals surface area (Å²) in [4.78, 5) is 0.207. The van der Waals surface area contributed by atoms with Crippen molar-refractivity contribution in [3.05, 3.63) is 30.3 Å². The molecule has 5 heteroatoms. The molecule has 3 atom stereocenters. The van der Waals surface area contributed by atoms with Crippen molar-refractivity contribution in [2.75, 3.05) is 0 Å². The Labute approximate surface area is 101 Å². The van der Waals surface area contributed by atoms with E-state index in [9.17, 15) is 18.6 Å². The van der Waals surface area contributed by atoms with Crippen LogP contribution in [-0.4, -0.2) is 36.1 Å². The first-order valence-corrected chi connectivity index (χ1v) is 7.23. The van der Waals surface area contributed by atoms with E-state index in [2.05, 4.69) is 0 Å². The van der Waals surface area contributed by atoms with Gasteiger partial charge in [-0.3, -0.25) is 0 Å². The van der Waals surface area contributed by atoms with Gasteiger partial charge in [-0.1, -0.05) is 18.2 Å². The van der Waals surface area contributed by atoms with Gasteiger partial charge in [0.2, 0.25) is 0 Å². The molecule has 1 aromatic rings. The minimum atomic E-state index is -3.55. The molecule has 1 aliphatic carbocycles. The molecule has 1 aromatic carbocycles. The summed E-state index contributed by atoms with van der Waals surface area (Å²) in [5.41, 5.74) is 0. The molecule has 0 bridgehead atoms. The van der Waals surface area contributed by atoms with Crippen LogP contribution in [0.5, 0.6) is 0 Å². The van der Waals surface area contributed by atoms with E-state index < -0.39 is 27.3 Å². The maximum atomic E-state index is 12.3. The van der Waals surface area contributed by atoms with E-state index in [0.717, 1.165) is 0 Å². The fourth-order valence-corrected chi connectivity index (χ4v) is 4.15. The van der Waals surface area contributed by atoms with Gasteiger partial charge >= 0.3 is 0 Å². The summed E-state index contributed by atoms with van der Waals surface area (Å²) in [6.45, 7) is 0. The average Bonchev–Trinajstić information content (AvgIpc) is 2.33. The second-order valence-electron chi connectivity index (χ2n) is 4.39. The van der Waals surface area contributed by atoms with E-state index in [-0.39, 0.29) is 4.90 Å². The maximum Gasteiger partial charge on any atom is 0.183 e. The molecule has 4 nitrogen and oxygen atoms in total. The number of rotatable bonds is 2. The standard InChI is InChI=1S/C12H16O4S/c13-10-7-4-8-11(12(10)14)17(15,16)9-5-2-1-3-6-9/h1-3,5-6,10-14H,4,7-8H2/t10-,11-,12-/m0/s1. The Hall–Kier alpha value is -0.910. The van der Waals surface area contributed by atoms with Crippen LogP contribution in [0.15, 0.2) is 35.2 Å². The molecule has 0 aliphatic heterocycles. The molecule has 17 heavy (non-hydrogen) atoms. The molecule has 0 spiro atoms. The average molecular weight is 256 g/mol. The number of aliphatic hydroxyl groups excluding tert-OH is 2. The fourth-order valence-electron chi connectivity index (χ4n) is 2.24. The summed E-state index contributed by atoms with van der Waals surface area (Å²) >= 11 is 0. The summed E-state index contributed by atoms with van der Waals surface area (Å²) in [5, 5.41) is 18.5. The van der Waals surface area contributed by atoms with Crippen molar-refractivity contribution >= 4 is 9.84 Å². The molecule has 2 N–H and O–H groups in total. The molecular formula is C12H16O4S. The molecule has 0 aromatic heterocycles. The largest absolute Gasteiger partial charge is 0.390 e. The summed E-state index contributed by atoms with van der Waals surface area (Å²) in [7, 11) is -3.55. The van der Waals surface area contributed by atoms with E-state index in [4.69, 9.17) is 0 Å². The molecule has 0 heterocycles. The van der Waals surface area contributed by atoms with Crippen molar-refractivity contribution < 1.29 is 18.6 Å². The Morgan fingerprint density at radius 3 is 2.35 bits per heavy atom. The predicted molar refractivity (Wildman–Crippen MR) is 63.3 cm³/mol. The zero-order valence-electron chi connectivity index (χ0n) is 9.36. The number of benzene rings is 1. The molecule has 2 rings (SSSR count). The highest BCUT2D eigenvalue weighted by atomic mass is 32.2. The lowest BCUT2D eigenvalue weighted by atomic mass is 9.94. The molecule has 1 aliphatic rings. The first-order valence-electron chi connectivity index (χ1n) is 5.68. The molecule has 94 valence electrons. The van der Waals surface area contributed by atoms with Gasteiger partial charge in [0.15, 0.2) is 9.84 Å². The Morgan fingerprint density at radius 1 is 1.06 bits per heavy atom.